The molecule has 1 saturated carbocycles. The highest BCUT2D eigenvalue weighted by molar-refractivity contribution is 5.78. The van der Waals surface area contributed by atoms with Crippen molar-refractivity contribution in [1.29, 1.82) is 0 Å². The van der Waals surface area contributed by atoms with E-state index in [0.29, 0.717) is 5.95 Å². The van der Waals surface area contributed by atoms with Gasteiger partial charge in [0.2, 0.25) is 5.95 Å². The summed E-state index contributed by atoms with van der Waals surface area (Å²) in [6.45, 7) is 4.20. The molecular formula is C23H29N7. The van der Waals surface area contributed by atoms with E-state index in [1.54, 1.807) is 0 Å². The van der Waals surface area contributed by atoms with Crippen molar-refractivity contribution < 1.29 is 0 Å². The van der Waals surface area contributed by atoms with Gasteiger partial charge in [-0.1, -0.05) is 12.8 Å². The Hall–Kier alpha value is -2.67. The summed E-state index contributed by atoms with van der Waals surface area (Å²) in [4.78, 5) is 16.6. The summed E-state index contributed by atoms with van der Waals surface area (Å²) in [5.41, 5.74) is 3.76. The van der Waals surface area contributed by atoms with Crippen LogP contribution in [0.2, 0.25) is 0 Å². The lowest BCUT2D eigenvalue weighted by Crippen LogP contribution is -2.46. The lowest BCUT2D eigenvalue weighted by atomic mass is 9.95. The number of hydrogen-bond acceptors (Lipinski definition) is 6. The maximum absolute atomic E-state index is 4.94. The van der Waals surface area contributed by atoms with Gasteiger partial charge in [0.1, 0.15) is 11.5 Å². The fourth-order valence-electron chi connectivity index (χ4n) is 5.61. The predicted molar refractivity (Wildman–Crippen MR) is 119 cm³/mol. The van der Waals surface area contributed by atoms with E-state index in [9.17, 15) is 0 Å². The standard InChI is InChI=1S/C23H29N7/c1-4-10-29(11-5-1)18-6-7-20(25-15-18)27-22-26-13-17-12-19-14-24-16-23(8-2-3-9-23)30(19)21(17)28-22/h6-7,12-13,15,24H,1-5,8-11,14,16H2,(H,25,26,27,28). The molecule has 1 saturated heterocycles. The van der Waals surface area contributed by atoms with E-state index in [0.717, 1.165) is 43.0 Å². The first-order valence-corrected chi connectivity index (χ1v) is 11.4. The Balaban J connectivity index is 1.29. The van der Waals surface area contributed by atoms with E-state index in [2.05, 4.69) is 42.2 Å². The molecule has 7 nitrogen and oxygen atoms in total. The van der Waals surface area contributed by atoms with Gasteiger partial charge in [-0.2, -0.15) is 4.98 Å². The van der Waals surface area contributed by atoms with Gasteiger partial charge >= 0.3 is 0 Å². The molecule has 3 aromatic heterocycles. The van der Waals surface area contributed by atoms with Crippen molar-refractivity contribution in [2.45, 2.75) is 57.0 Å². The van der Waals surface area contributed by atoms with E-state index >= 15 is 0 Å². The molecule has 156 valence electrons. The monoisotopic (exact) mass is 403 g/mol. The van der Waals surface area contributed by atoms with Crippen LogP contribution in [-0.2, 0) is 12.1 Å². The minimum absolute atomic E-state index is 0.176. The van der Waals surface area contributed by atoms with Crippen LogP contribution in [0.15, 0.2) is 30.6 Å². The van der Waals surface area contributed by atoms with Crippen molar-refractivity contribution >= 4 is 28.5 Å². The Labute approximate surface area is 176 Å². The summed E-state index contributed by atoms with van der Waals surface area (Å²) in [5.74, 6) is 1.41. The normalized spacial score (nSPS) is 20.6. The second kappa shape index (κ2) is 7.23. The maximum atomic E-state index is 4.94. The van der Waals surface area contributed by atoms with Crippen LogP contribution in [0.3, 0.4) is 0 Å². The summed E-state index contributed by atoms with van der Waals surface area (Å²) < 4.78 is 2.51. The molecule has 5 heterocycles. The molecule has 1 aliphatic carbocycles. The third kappa shape index (κ3) is 3.03. The highest BCUT2D eigenvalue weighted by atomic mass is 15.2. The van der Waals surface area contributed by atoms with Crippen LogP contribution in [0.25, 0.3) is 11.0 Å². The van der Waals surface area contributed by atoms with Gasteiger partial charge in [-0.05, 0) is 50.3 Å². The molecule has 0 atom stereocenters. The molecule has 0 radical (unpaired) electrons. The molecule has 0 amide bonds. The van der Waals surface area contributed by atoms with Crippen LogP contribution in [0.1, 0.15) is 50.6 Å². The number of fused-ring (bicyclic) bond motifs is 4. The summed E-state index contributed by atoms with van der Waals surface area (Å²) in [6, 6.07) is 6.43. The van der Waals surface area contributed by atoms with Crippen LogP contribution < -0.4 is 15.5 Å². The third-order valence-corrected chi connectivity index (χ3v) is 7.09. The zero-order valence-electron chi connectivity index (χ0n) is 17.4. The number of pyridine rings is 1. The molecule has 3 aliphatic rings. The Kier molecular flexibility index (Phi) is 4.37. The molecule has 0 aromatic carbocycles. The highest BCUT2D eigenvalue weighted by Crippen LogP contribution is 2.41. The lowest BCUT2D eigenvalue weighted by Gasteiger charge is -2.37. The van der Waals surface area contributed by atoms with Crippen LogP contribution in [0.5, 0.6) is 0 Å². The number of aromatic nitrogens is 4. The number of hydrogen-bond donors (Lipinski definition) is 2. The minimum Gasteiger partial charge on any atom is -0.370 e. The van der Waals surface area contributed by atoms with Gasteiger partial charge in [0.05, 0.1) is 17.4 Å². The average Bonchev–Trinajstić information content (AvgIpc) is 3.40. The van der Waals surface area contributed by atoms with Gasteiger partial charge in [0, 0.05) is 43.5 Å². The molecule has 1 spiro atoms. The Morgan fingerprint density at radius 2 is 1.83 bits per heavy atom. The van der Waals surface area contributed by atoms with E-state index in [1.165, 1.54) is 56.3 Å². The van der Waals surface area contributed by atoms with E-state index < -0.39 is 0 Å². The first-order chi connectivity index (χ1) is 14.8. The second-order valence-corrected chi connectivity index (χ2v) is 9.05. The molecule has 0 bridgehead atoms. The molecule has 0 unspecified atom stereocenters. The summed E-state index contributed by atoms with van der Waals surface area (Å²) >= 11 is 0. The van der Waals surface area contributed by atoms with Crippen molar-refractivity contribution in [3.05, 3.63) is 36.3 Å². The van der Waals surface area contributed by atoms with E-state index in [1.807, 2.05) is 18.5 Å². The van der Waals surface area contributed by atoms with Crippen LogP contribution in [0.4, 0.5) is 17.5 Å². The second-order valence-electron chi connectivity index (χ2n) is 9.05. The maximum Gasteiger partial charge on any atom is 0.230 e. The Bertz CT molecular complexity index is 1040. The highest BCUT2D eigenvalue weighted by Gasteiger charge is 2.40. The largest absolute Gasteiger partial charge is 0.370 e. The summed E-state index contributed by atoms with van der Waals surface area (Å²) in [6.07, 6.45) is 12.8. The van der Waals surface area contributed by atoms with Crippen molar-refractivity contribution in [2.75, 3.05) is 29.9 Å². The Morgan fingerprint density at radius 3 is 2.63 bits per heavy atom. The number of anilines is 3. The van der Waals surface area contributed by atoms with Crippen LogP contribution >= 0.6 is 0 Å². The van der Waals surface area contributed by atoms with Gasteiger partial charge < -0.3 is 20.1 Å². The van der Waals surface area contributed by atoms with Crippen molar-refractivity contribution in [3.63, 3.8) is 0 Å². The van der Waals surface area contributed by atoms with Gasteiger partial charge in [0.25, 0.3) is 0 Å². The fourth-order valence-corrected chi connectivity index (χ4v) is 5.61. The van der Waals surface area contributed by atoms with Gasteiger partial charge in [-0.25, -0.2) is 9.97 Å². The lowest BCUT2D eigenvalue weighted by molar-refractivity contribution is 0.249. The first kappa shape index (κ1) is 18.1. The quantitative estimate of drug-likeness (QED) is 0.690. The smallest absolute Gasteiger partial charge is 0.230 e. The molecule has 2 fully saturated rings. The first-order valence-electron chi connectivity index (χ1n) is 11.4. The van der Waals surface area contributed by atoms with Crippen molar-refractivity contribution in [3.8, 4) is 0 Å². The molecule has 7 heteroatoms. The summed E-state index contributed by atoms with van der Waals surface area (Å²) in [5, 5.41) is 8.07. The van der Waals surface area contributed by atoms with Crippen LogP contribution in [-0.4, -0.2) is 39.2 Å². The molecule has 30 heavy (non-hydrogen) atoms. The van der Waals surface area contributed by atoms with E-state index in [-0.39, 0.29) is 5.54 Å². The Morgan fingerprint density at radius 1 is 0.967 bits per heavy atom. The number of rotatable bonds is 3. The zero-order valence-corrected chi connectivity index (χ0v) is 17.4. The SMILES string of the molecule is c1cc(Nc2ncc3cc4n(c3n2)C2(CCCC2)CNC4)ncc1N1CCCCC1. The predicted octanol–water partition coefficient (Wildman–Crippen LogP) is 3.93. The minimum atomic E-state index is 0.176. The van der Waals surface area contributed by atoms with Crippen LogP contribution in [0, 0.1) is 0 Å². The summed E-state index contributed by atoms with van der Waals surface area (Å²) in [7, 11) is 0. The average molecular weight is 404 g/mol. The van der Waals surface area contributed by atoms with Gasteiger partial charge in [0.15, 0.2) is 0 Å². The molecule has 2 aliphatic heterocycles. The van der Waals surface area contributed by atoms with Crippen molar-refractivity contribution in [1.82, 2.24) is 24.8 Å². The molecular weight excluding hydrogens is 374 g/mol. The molecule has 3 aromatic rings. The van der Waals surface area contributed by atoms with Gasteiger partial charge in [-0.3, -0.25) is 0 Å². The fraction of sp³-hybridized carbons (Fsp3) is 0.522. The third-order valence-electron chi connectivity index (χ3n) is 7.09. The number of nitrogens with zero attached hydrogens (tertiary/aromatic N) is 5. The van der Waals surface area contributed by atoms with Gasteiger partial charge in [-0.15, -0.1) is 0 Å². The number of piperidine rings is 1. The van der Waals surface area contributed by atoms with Crippen molar-refractivity contribution in [2.24, 2.45) is 0 Å². The zero-order chi connectivity index (χ0) is 20.0. The molecule has 2 N–H and O–H groups in total. The van der Waals surface area contributed by atoms with E-state index in [4.69, 9.17) is 4.98 Å². The molecule has 6 rings (SSSR count). The topological polar surface area (TPSA) is 70.9 Å². The number of nitrogens with one attached hydrogen (secondary N) is 2.